The number of hydrogen-bond donors (Lipinski definition) is 0. The van der Waals surface area contributed by atoms with Crippen molar-refractivity contribution in [3.8, 4) is 0 Å². The summed E-state index contributed by atoms with van der Waals surface area (Å²) in [5.74, 6) is 0.819. The first-order valence-electron chi connectivity index (χ1n) is 4.70. The van der Waals surface area contributed by atoms with Crippen LogP contribution in [0.4, 0.5) is 0 Å². The largest absolute Gasteiger partial charge is 0.127 e. The van der Waals surface area contributed by atoms with Gasteiger partial charge in [0.15, 0.2) is 0 Å². The Morgan fingerprint density at radius 1 is 1.25 bits per heavy atom. The lowest BCUT2D eigenvalue weighted by molar-refractivity contribution is 0.876. The van der Waals surface area contributed by atoms with Gasteiger partial charge in [-0.2, -0.15) is 0 Å². The Kier molecular flexibility index (Phi) is 5.94. The second kappa shape index (κ2) is 5.82. The molecule has 12 heavy (non-hydrogen) atoms. The third kappa shape index (κ3) is 6.93. The van der Waals surface area contributed by atoms with E-state index in [0.29, 0.717) is 0 Å². The van der Waals surface area contributed by atoms with Crippen LogP contribution in [0, 0.1) is 0 Å². The van der Waals surface area contributed by atoms with Crippen LogP contribution in [0.15, 0.2) is 11.3 Å². The van der Waals surface area contributed by atoms with Crippen LogP contribution in [0.3, 0.4) is 0 Å². The first-order valence-corrected chi connectivity index (χ1v) is 8.52. The van der Waals surface area contributed by atoms with Crippen LogP contribution in [0.5, 0.6) is 0 Å². The van der Waals surface area contributed by atoms with Gasteiger partial charge >= 0.3 is 0 Å². The number of alkyl halides is 1. The minimum atomic E-state index is -1.02. The van der Waals surface area contributed by atoms with E-state index in [4.69, 9.17) is 11.6 Å². The van der Waals surface area contributed by atoms with Crippen molar-refractivity contribution in [3.05, 3.63) is 11.3 Å². The Balaban J connectivity index is 3.79. The number of rotatable bonds is 5. The highest BCUT2D eigenvalue weighted by molar-refractivity contribution is 6.82. The van der Waals surface area contributed by atoms with Crippen LogP contribution in [0.1, 0.15) is 26.7 Å². The molecule has 72 valence electrons. The minimum Gasteiger partial charge on any atom is -0.127 e. The Bertz CT molecular complexity index is 146. The molecule has 0 spiro atoms. The zero-order chi connectivity index (χ0) is 9.61. The Hall–Kier alpha value is 0.247. The topological polar surface area (TPSA) is 0 Å². The molecule has 0 saturated carbocycles. The van der Waals surface area contributed by atoms with Crippen molar-refractivity contribution in [2.75, 3.05) is 5.88 Å². The van der Waals surface area contributed by atoms with Gasteiger partial charge in [0.05, 0.1) is 8.07 Å². The molecule has 0 bridgehead atoms. The van der Waals surface area contributed by atoms with Gasteiger partial charge in [0.2, 0.25) is 0 Å². The van der Waals surface area contributed by atoms with Gasteiger partial charge in [0, 0.05) is 5.88 Å². The van der Waals surface area contributed by atoms with E-state index < -0.39 is 8.07 Å². The van der Waals surface area contributed by atoms with E-state index in [1.54, 1.807) is 0 Å². The predicted molar refractivity (Wildman–Crippen MR) is 61.7 cm³/mol. The summed E-state index contributed by atoms with van der Waals surface area (Å²) < 4.78 is 0. The van der Waals surface area contributed by atoms with Crippen LogP contribution in [-0.2, 0) is 0 Å². The molecule has 0 aromatic heterocycles. The molecule has 0 heterocycles. The number of halogens is 1. The van der Waals surface area contributed by atoms with Crippen molar-refractivity contribution in [2.45, 2.75) is 45.8 Å². The smallest absolute Gasteiger partial charge is 0.0716 e. The van der Waals surface area contributed by atoms with Crippen LogP contribution in [-0.4, -0.2) is 14.0 Å². The van der Waals surface area contributed by atoms with Gasteiger partial charge < -0.3 is 0 Å². The fourth-order valence-corrected chi connectivity index (χ4v) is 4.59. The number of hydrogen-bond acceptors (Lipinski definition) is 0. The van der Waals surface area contributed by atoms with Gasteiger partial charge in [0.25, 0.3) is 0 Å². The Labute approximate surface area is 83.0 Å². The number of unbranched alkanes of at least 4 members (excludes halogenated alkanes) is 1. The summed E-state index contributed by atoms with van der Waals surface area (Å²) in [6, 6.07) is 1.38. The molecule has 0 radical (unpaired) electrons. The minimum absolute atomic E-state index is 0.819. The molecule has 0 fully saturated rings. The highest BCUT2D eigenvalue weighted by Gasteiger charge is 2.15. The molecule has 0 atom stereocenters. The summed E-state index contributed by atoms with van der Waals surface area (Å²) >= 11 is 5.64. The van der Waals surface area contributed by atoms with Crippen molar-refractivity contribution < 1.29 is 0 Å². The average molecular weight is 205 g/mol. The molecule has 0 unspecified atom stereocenters. The molecule has 0 N–H and O–H groups in total. The number of allylic oxidation sites excluding steroid dienone is 1. The Morgan fingerprint density at radius 2 is 1.83 bits per heavy atom. The van der Waals surface area contributed by atoms with Crippen molar-refractivity contribution in [1.29, 1.82) is 0 Å². The first-order chi connectivity index (χ1) is 5.48. The molecule has 0 aliphatic carbocycles. The molecule has 0 amide bonds. The summed E-state index contributed by atoms with van der Waals surface area (Å²) in [4.78, 5) is 0. The third-order valence-electron chi connectivity index (χ3n) is 1.88. The molecule has 0 aromatic carbocycles. The quantitative estimate of drug-likeness (QED) is 0.358. The molecule has 0 aliphatic heterocycles. The van der Waals surface area contributed by atoms with E-state index in [9.17, 15) is 0 Å². The molecule has 0 aromatic rings. The second-order valence-corrected chi connectivity index (χ2v) is 9.50. The first kappa shape index (κ1) is 12.2. The van der Waals surface area contributed by atoms with Crippen LogP contribution >= 0.6 is 11.6 Å². The zero-order valence-electron chi connectivity index (χ0n) is 8.78. The van der Waals surface area contributed by atoms with Gasteiger partial charge in [-0.05, 0) is 20.3 Å². The maximum absolute atomic E-state index is 5.64. The van der Waals surface area contributed by atoms with Gasteiger partial charge in [0.1, 0.15) is 0 Å². The van der Waals surface area contributed by atoms with Crippen molar-refractivity contribution >= 4 is 19.7 Å². The standard InChI is InChI=1S/C10H21ClSi/c1-10(2)9-12(3,4)8-6-5-7-11/h9H,5-8H2,1-4H3. The summed E-state index contributed by atoms with van der Waals surface area (Å²) in [7, 11) is -1.02. The maximum atomic E-state index is 5.64. The summed E-state index contributed by atoms with van der Waals surface area (Å²) in [6.45, 7) is 9.23. The SMILES string of the molecule is CC(C)=C[Si](C)(C)CCCCCl. The molecule has 0 nitrogen and oxygen atoms in total. The van der Waals surface area contributed by atoms with Crippen molar-refractivity contribution in [1.82, 2.24) is 0 Å². The fourth-order valence-electron chi connectivity index (χ4n) is 1.53. The van der Waals surface area contributed by atoms with Crippen LogP contribution in [0.25, 0.3) is 0 Å². The molecule has 0 aliphatic rings. The third-order valence-corrected chi connectivity index (χ3v) is 5.15. The van der Waals surface area contributed by atoms with Gasteiger partial charge in [-0.1, -0.05) is 36.8 Å². The van der Waals surface area contributed by atoms with E-state index in [2.05, 4.69) is 32.6 Å². The van der Waals surface area contributed by atoms with Crippen molar-refractivity contribution in [3.63, 3.8) is 0 Å². The monoisotopic (exact) mass is 204 g/mol. The zero-order valence-corrected chi connectivity index (χ0v) is 10.5. The van der Waals surface area contributed by atoms with E-state index in [1.165, 1.54) is 24.5 Å². The fraction of sp³-hybridized carbons (Fsp3) is 0.800. The van der Waals surface area contributed by atoms with Gasteiger partial charge in [-0.15, -0.1) is 11.6 Å². The normalized spacial score (nSPS) is 11.4. The van der Waals surface area contributed by atoms with E-state index in [-0.39, 0.29) is 0 Å². The lowest BCUT2D eigenvalue weighted by Crippen LogP contribution is -2.22. The molecular weight excluding hydrogens is 184 g/mol. The average Bonchev–Trinajstić information content (AvgIpc) is 1.84. The summed E-state index contributed by atoms with van der Waals surface area (Å²) in [6.07, 6.45) is 2.47. The van der Waals surface area contributed by atoms with Crippen LogP contribution < -0.4 is 0 Å². The summed E-state index contributed by atoms with van der Waals surface area (Å²) in [5, 5.41) is 0. The maximum Gasteiger partial charge on any atom is 0.0716 e. The lowest BCUT2D eigenvalue weighted by Gasteiger charge is -2.17. The van der Waals surface area contributed by atoms with E-state index in [1.807, 2.05) is 0 Å². The molecular formula is C10H21ClSi. The predicted octanol–water partition coefficient (Wildman–Crippen LogP) is 4.22. The highest BCUT2D eigenvalue weighted by Crippen LogP contribution is 2.16. The van der Waals surface area contributed by atoms with Gasteiger partial charge in [-0.25, -0.2) is 0 Å². The van der Waals surface area contributed by atoms with E-state index in [0.717, 1.165) is 5.88 Å². The lowest BCUT2D eigenvalue weighted by atomic mass is 10.4. The Morgan fingerprint density at radius 3 is 2.25 bits per heavy atom. The second-order valence-electron chi connectivity index (χ2n) is 4.36. The molecule has 0 saturated heterocycles. The van der Waals surface area contributed by atoms with Crippen LogP contribution in [0.2, 0.25) is 19.1 Å². The molecule has 2 heteroatoms. The van der Waals surface area contributed by atoms with Gasteiger partial charge in [-0.3, -0.25) is 0 Å². The molecule has 0 rings (SSSR count). The van der Waals surface area contributed by atoms with Crippen molar-refractivity contribution in [2.24, 2.45) is 0 Å². The highest BCUT2D eigenvalue weighted by atomic mass is 35.5. The summed E-state index contributed by atoms with van der Waals surface area (Å²) in [5.41, 5.74) is 3.96. The van der Waals surface area contributed by atoms with E-state index >= 15 is 0 Å².